The van der Waals surface area contributed by atoms with Gasteiger partial charge >= 0.3 is 0 Å². The number of hydrogen-bond donors (Lipinski definition) is 1. The second-order valence-corrected chi connectivity index (χ2v) is 7.44. The molecule has 1 aliphatic carbocycles. The van der Waals surface area contributed by atoms with Crippen molar-refractivity contribution in [3.8, 4) is 0 Å². The van der Waals surface area contributed by atoms with E-state index in [1.807, 2.05) is 29.8 Å². The van der Waals surface area contributed by atoms with Gasteiger partial charge < -0.3 is 9.88 Å². The summed E-state index contributed by atoms with van der Waals surface area (Å²) in [6.45, 7) is 2.44. The Labute approximate surface area is 135 Å². The van der Waals surface area contributed by atoms with E-state index in [1.165, 1.54) is 38.8 Å². The molecule has 0 radical (unpaired) electrons. The quantitative estimate of drug-likeness (QED) is 0.922. The van der Waals surface area contributed by atoms with Crippen molar-refractivity contribution in [2.24, 2.45) is 13.0 Å². The van der Waals surface area contributed by atoms with Gasteiger partial charge in [0.1, 0.15) is 0 Å². The van der Waals surface area contributed by atoms with Crippen LogP contribution in [-0.2, 0) is 7.05 Å². The molecule has 1 spiro atoms. The van der Waals surface area contributed by atoms with E-state index in [4.69, 9.17) is 0 Å². The molecule has 2 bridgehead atoms. The number of nitrogens with one attached hydrogen (secondary N) is 1. The van der Waals surface area contributed by atoms with Crippen molar-refractivity contribution in [3.05, 3.63) is 30.1 Å². The largest absolute Gasteiger partial charge is 0.347 e. The number of rotatable bonds is 2. The van der Waals surface area contributed by atoms with Crippen molar-refractivity contribution in [1.29, 1.82) is 0 Å². The SMILES string of the molecule is Cn1cnc2ccc(C(=O)N[C@@H]3C4CCN(CC4)C34CC4)cc21. The third-order valence-electron chi connectivity index (χ3n) is 6.26. The molecule has 5 heteroatoms. The van der Waals surface area contributed by atoms with Gasteiger partial charge in [0, 0.05) is 18.2 Å². The molecule has 120 valence electrons. The number of nitrogens with zero attached hydrogens (tertiary/aromatic N) is 3. The average Bonchev–Trinajstić information content (AvgIpc) is 3.28. The van der Waals surface area contributed by atoms with E-state index in [9.17, 15) is 4.79 Å². The number of carbonyl (C=O) groups excluding carboxylic acids is 1. The maximum absolute atomic E-state index is 12.8. The van der Waals surface area contributed by atoms with Gasteiger partial charge in [-0.25, -0.2) is 4.98 Å². The summed E-state index contributed by atoms with van der Waals surface area (Å²) < 4.78 is 1.96. The van der Waals surface area contributed by atoms with Crippen LogP contribution in [0.25, 0.3) is 11.0 Å². The predicted octanol–water partition coefficient (Wildman–Crippen LogP) is 1.93. The van der Waals surface area contributed by atoms with Crippen LogP contribution in [0.2, 0.25) is 0 Å². The molecular formula is C18H22N4O. The lowest BCUT2D eigenvalue weighted by atomic mass is 9.77. The summed E-state index contributed by atoms with van der Waals surface area (Å²) >= 11 is 0. The van der Waals surface area contributed by atoms with Gasteiger partial charge in [-0.15, -0.1) is 0 Å². The molecule has 1 atom stereocenters. The summed E-state index contributed by atoms with van der Waals surface area (Å²) in [5, 5.41) is 3.39. The molecule has 0 unspecified atom stereocenters. The van der Waals surface area contributed by atoms with Gasteiger partial charge in [-0.2, -0.15) is 0 Å². The molecule has 4 heterocycles. The van der Waals surface area contributed by atoms with Crippen molar-refractivity contribution >= 4 is 16.9 Å². The van der Waals surface area contributed by atoms with Crippen LogP contribution in [0.4, 0.5) is 0 Å². The minimum atomic E-state index is 0.0677. The Balaban J connectivity index is 1.43. The zero-order valence-electron chi connectivity index (χ0n) is 13.5. The maximum atomic E-state index is 12.8. The third-order valence-corrected chi connectivity index (χ3v) is 6.26. The first-order chi connectivity index (χ1) is 11.2. The molecule has 1 N–H and O–H groups in total. The number of carbonyl (C=O) groups is 1. The average molecular weight is 310 g/mol. The van der Waals surface area contributed by atoms with E-state index in [1.54, 1.807) is 6.33 Å². The first-order valence-electron chi connectivity index (χ1n) is 8.64. The Kier molecular flexibility index (Phi) is 2.69. The molecular weight excluding hydrogens is 288 g/mol. The molecule has 1 aromatic carbocycles. The van der Waals surface area contributed by atoms with Gasteiger partial charge in [0.25, 0.3) is 5.91 Å². The van der Waals surface area contributed by atoms with Gasteiger partial charge in [-0.05, 0) is 62.9 Å². The number of hydrogen-bond acceptors (Lipinski definition) is 3. The van der Waals surface area contributed by atoms with Gasteiger partial charge in [-0.1, -0.05) is 0 Å². The van der Waals surface area contributed by atoms with Crippen molar-refractivity contribution in [3.63, 3.8) is 0 Å². The molecule has 3 aliphatic heterocycles. The number of imidazole rings is 1. The van der Waals surface area contributed by atoms with Crippen LogP contribution in [0.5, 0.6) is 0 Å². The Morgan fingerprint density at radius 3 is 2.83 bits per heavy atom. The lowest BCUT2D eigenvalue weighted by molar-refractivity contribution is -0.00144. The van der Waals surface area contributed by atoms with Crippen LogP contribution in [0.3, 0.4) is 0 Å². The summed E-state index contributed by atoms with van der Waals surface area (Å²) in [6, 6.07) is 6.12. The fourth-order valence-electron chi connectivity index (χ4n) is 4.81. The molecule has 4 aliphatic rings. The van der Waals surface area contributed by atoms with Gasteiger partial charge in [0.05, 0.1) is 23.4 Å². The summed E-state index contributed by atoms with van der Waals surface area (Å²) in [4.78, 5) is 19.8. The fraction of sp³-hybridized carbons (Fsp3) is 0.556. The standard InChI is InChI=1S/C18H22N4O/c1-21-11-19-14-3-2-13(10-15(14)21)17(23)20-16-12-4-8-22(9-5-12)18(16)6-7-18/h2-3,10-12,16H,4-9H2,1H3,(H,20,23)/t16-/m1/s1. The highest BCUT2D eigenvalue weighted by molar-refractivity contribution is 5.97. The molecule has 2 aromatic rings. The van der Waals surface area contributed by atoms with Gasteiger partial charge in [0.2, 0.25) is 0 Å². The van der Waals surface area contributed by atoms with Crippen LogP contribution in [0.15, 0.2) is 24.5 Å². The molecule has 1 saturated carbocycles. The first-order valence-corrected chi connectivity index (χ1v) is 8.64. The number of piperidine rings is 3. The first kappa shape index (κ1) is 13.5. The third kappa shape index (κ3) is 1.89. The van der Waals surface area contributed by atoms with E-state index in [0.29, 0.717) is 12.0 Å². The zero-order valence-corrected chi connectivity index (χ0v) is 13.5. The lowest BCUT2D eigenvalue weighted by Gasteiger charge is -2.52. The van der Waals surface area contributed by atoms with E-state index in [-0.39, 0.29) is 11.4 Å². The Morgan fingerprint density at radius 1 is 1.30 bits per heavy atom. The van der Waals surface area contributed by atoms with Crippen molar-refractivity contribution in [1.82, 2.24) is 19.8 Å². The van der Waals surface area contributed by atoms with E-state index >= 15 is 0 Å². The zero-order chi connectivity index (χ0) is 15.6. The summed E-state index contributed by atoms with van der Waals surface area (Å²) in [5.41, 5.74) is 2.97. The van der Waals surface area contributed by atoms with Crippen molar-refractivity contribution in [2.45, 2.75) is 37.3 Å². The second-order valence-electron chi connectivity index (χ2n) is 7.44. The number of fused-ring (bicyclic) bond motifs is 3. The highest BCUT2D eigenvalue weighted by Gasteiger charge is 2.60. The van der Waals surface area contributed by atoms with Crippen molar-refractivity contribution < 1.29 is 4.79 Å². The lowest BCUT2D eigenvalue weighted by Crippen LogP contribution is -2.65. The smallest absolute Gasteiger partial charge is 0.251 e. The number of aryl methyl sites for hydroxylation is 1. The van der Waals surface area contributed by atoms with E-state index in [0.717, 1.165) is 16.6 Å². The minimum absolute atomic E-state index is 0.0677. The molecule has 6 rings (SSSR count). The molecule has 3 saturated heterocycles. The van der Waals surface area contributed by atoms with E-state index in [2.05, 4.69) is 15.2 Å². The minimum Gasteiger partial charge on any atom is -0.347 e. The van der Waals surface area contributed by atoms with Gasteiger partial charge in [0.15, 0.2) is 0 Å². The summed E-state index contributed by atoms with van der Waals surface area (Å²) in [7, 11) is 1.96. The van der Waals surface area contributed by atoms with Crippen molar-refractivity contribution in [2.75, 3.05) is 13.1 Å². The highest BCUT2D eigenvalue weighted by atomic mass is 16.1. The van der Waals surface area contributed by atoms with Crippen LogP contribution in [0, 0.1) is 5.92 Å². The van der Waals surface area contributed by atoms with Crippen LogP contribution in [-0.4, -0.2) is 45.0 Å². The molecule has 23 heavy (non-hydrogen) atoms. The number of benzene rings is 1. The van der Waals surface area contributed by atoms with Gasteiger partial charge in [-0.3, -0.25) is 9.69 Å². The van der Waals surface area contributed by atoms with Crippen LogP contribution < -0.4 is 5.32 Å². The Morgan fingerprint density at radius 2 is 2.09 bits per heavy atom. The molecule has 4 fully saturated rings. The fourth-order valence-corrected chi connectivity index (χ4v) is 4.81. The Bertz CT molecular complexity index is 783. The monoisotopic (exact) mass is 310 g/mol. The normalized spacial score (nSPS) is 30.7. The number of amides is 1. The second kappa shape index (κ2) is 4.57. The van der Waals surface area contributed by atoms with E-state index < -0.39 is 0 Å². The topological polar surface area (TPSA) is 50.2 Å². The Hall–Kier alpha value is -1.88. The highest BCUT2D eigenvalue weighted by Crippen LogP contribution is 2.53. The predicted molar refractivity (Wildman–Crippen MR) is 88.2 cm³/mol. The molecule has 5 nitrogen and oxygen atoms in total. The summed E-state index contributed by atoms with van der Waals surface area (Å²) in [6.07, 6.45) is 6.74. The van der Waals surface area contributed by atoms with Crippen LogP contribution >= 0.6 is 0 Å². The molecule has 1 aromatic heterocycles. The van der Waals surface area contributed by atoms with Crippen LogP contribution in [0.1, 0.15) is 36.0 Å². The molecule has 1 amide bonds. The number of aromatic nitrogens is 2. The summed E-state index contributed by atoms with van der Waals surface area (Å²) in [5.74, 6) is 0.727. The maximum Gasteiger partial charge on any atom is 0.251 e.